The van der Waals surface area contributed by atoms with Gasteiger partial charge in [-0.2, -0.15) is 5.10 Å². The lowest BCUT2D eigenvalue weighted by molar-refractivity contribution is 0.559. The second-order valence-electron chi connectivity index (χ2n) is 4.96. The van der Waals surface area contributed by atoms with E-state index in [1.807, 2.05) is 13.0 Å². The fourth-order valence-corrected chi connectivity index (χ4v) is 3.87. The quantitative estimate of drug-likeness (QED) is 0.889. The molecular weight excluding hydrogens is 264 g/mol. The molecule has 0 atom stereocenters. The molecular formula is C12H16N4O2S. The van der Waals surface area contributed by atoms with Crippen molar-refractivity contribution in [1.82, 2.24) is 14.6 Å². The summed E-state index contributed by atoms with van der Waals surface area (Å²) in [5.41, 5.74) is 1.86. The largest absolute Gasteiger partial charge is 0.365 e. The first-order valence-electron chi connectivity index (χ1n) is 6.31. The molecule has 3 rings (SSSR count). The van der Waals surface area contributed by atoms with Crippen LogP contribution in [0.1, 0.15) is 18.5 Å². The van der Waals surface area contributed by atoms with Crippen LogP contribution in [-0.4, -0.2) is 40.6 Å². The Balaban J connectivity index is 1.82. The molecule has 0 unspecified atom stereocenters. The first-order valence-corrected chi connectivity index (χ1v) is 8.14. The molecule has 6 nitrogen and oxygen atoms in total. The van der Waals surface area contributed by atoms with Gasteiger partial charge in [-0.1, -0.05) is 0 Å². The van der Waals surface area contributed by atoms with Gasteiger partial charge in [0, 0.05) is 18.4 Å². The maximum Gasteiger partial charge on any atom is 0.152 e. The maximum absolute atomic E-state index is 11.4. The van der Waals surface area contributed by atoms with Crippen molar-refractivity contribution >= 4 is 21.2 Å². The van der Waals surface area contributed by atoms with Crippen LogP contribution in [-0.2, 0) is 9.84 Å². The van der Waals surface area contributed by atoms with Crippen molar-refractivity contribution in [3.05, 3.63) is 24.2 Å². The molecule has 0 spiro atoms. The Hall–Kier alpha value is -1.63. The molecule has 0 amide bonds. The maximum atomic E-state index is 11.4. The lowest BCUT2D eigenvalue weighted by Gasteiger charge is -2.23. The number of aryl methyl sites for hydroxylation is 1. The number of hydrogen-bond donors (Lipinski definition) is 1. The van der Waals surface area contributed by atoms with E-state index in [2.05, 4.69) is 15.4 Å². The normalized spacial score (nSPS) is 19.6. The molecule has 0 aromatic carbocycles. The van der Waals surface area contributed by atoms with Crippen molar-refractivity contribution in [2.45, 2.75) is 25.8 Å². The molecule has 1 fully saturated rings. The lowest BCUT2D eigenvalue weighted by atomic mass is 10.1. The summed E-state index contributed by atoms with van der Waals surface area (Å²) in [6, 6.07) is 2.13. The van der Waals surface area contributed by atoms with Crippen molar-refractivity contribution in [1.29, 1.82) is 0 Å². The van der Waals surface area contributed by atoms with E-state index in [1.165, 1.54) is 0 Å². The minimum Gasteiger partial charge on any atom is -0.365 e. The van der Waals surface area contributed by atoms with Crippen LogP contribution in [0.15, 0.2) is 18.5 Å². The van der Waals surface area contributed by atoms with Crippen LogP contribution in [0.5, 0.6) is 0 Å². The standard InChI is InChI=1S/C12H16N4O2S/c1-9-8-11-12(13-4-5-16(11)15-9)14-10-2-6-19(17,18)7-3-10/h4-5,8,10H,2-3,6-7H2,1H3,(H,13,14). The zero-order valence-electron chi connectivity index (χ0n) is 10.7. The van der Waals surface area contributed by atoms with Gasteiger partial charge >= 0.3 is 0 Å². The molecule has 0 radical (unpaired) electrons. The van der Waals surface area contributed by atoms with Gasteiger partial charge in [0.05, 0.1) is 17.2 Å². The van der Waals surface area contributed by atoms with Crippen LogP contribution < -0.4 is 5.32 Å². The highest BCUT2D eigenvalue weighted by Gasteiger charge is 2.24. The average molecular weight is 280 g/mol. The molecule has 3 heterocycles. The van der Waals surface area contributed by atoms with Gasteiger partial charge < -0.3 is 5.32 Å². The predicted molar refractivity (Wildman–Crippen MR) is 73.0 cm³/mol. The second kappa shape index (κ2) is 4.48. The minimum absolute atomic E-state index is 0.164. The molecule has 1 aliphatic heterocycles. The van der Waals surface area contributed by atoms with Crippen molar-refractivity contribution in [3.63, 3.8) is 0 Å². The van der Waals surface area contributed by atoms with E-state index < -0.39 is 9.84 Å². The summed E-state index contributed by atoms with van der Waals surface area (Å²) in [5, 5.41) is 7.67. The van der Waals surface area contributed by atoms with Gasteiger partial charge in [0.2, 0.25) is 0 Å². The molecule has 2 aromatic rings. The second-order valence-corrected chi connectivity index (χ2v) is 7.27. The topological polar surface area (TPSA) is 76.4 Å². The highest BCUT2D eigenvalue weighted by molar-refractivity contribution is 7.91. The van der Waals surface area contributed by atoms with Gasteiger partial charge in [-0.15, -0.1) is 0 Å². The summed E-state index contributed by atoms with van der Waals surface area (Å²) >= 11 is 0. The molecule has 0 bridgehead atoms. The number of fused-ring (bicyclic) bond motifs is 1. The van der Waals surface area contributed by atoms with Crippen LogP contribution in [0.25, 0.3) is 5.52 Å². The number of nitrogens with one attached hydrogen (secondary N) is 1. The predicted octanol–water partition coefficient (Wildman–Crippen LogP) is 1.03. The van der Waals surface area contributed by atoms with Gasteiger partial charge in [0.1, 0.15) is 15.4 Å². The van der Waals surface area contributed by atoms with Crippen LogP contribution >= 0.6 is 0 Å². The van der Waals surface area contributed by atoms with E-state index in [4.69, 9.17) is 0 Å². The van der Waals surface area contributed by atoms with Crippen LogP contribution in [0.3, 0.4) is 0 Å². The van der Waals surface area contributed by atoms with Crippen molar-refractivity contribution < 1.29 is 8.42 Å². The third-order valence-corrected chi connectivity index (χ3v) is 5.12. The van der Waals surface area contributed by atoms with Gasteiger partial charge in [-0.05, 0) is 25.8 Å². The molecule has 1 saturated heterocycles. The number of rotatable bonds is 2. The Kier molecular flexibility index (Phi) is 2.93. The molecule has 7 heteroatoms. The number of sulfone groups is 1. The minimum atomic E-state index is -2.82. The fraction of sp³-hybridized carbons (Fsp3) is 0.500. The summed E-state index contributed by atoms with van der Waals surface area (Å²) < 4.78 is 24.6. The number of hydrogen-bond acceptors (Lipinski definition) is 5. The summed E-state index contributed by atoms with van der Waals surface area (Å²) in [4.78, 5) is 4.33. The SMILES string of the molecule is Cc1cc2c(NC3CCS(=O)(=O)CC3)nccn2n1. The van der Waals surface area contributed by atoms with Gasteiger partial charge in [-0.25, -0.2) is 17.9 Å². The zero-order chi connectivity index (χ0) is 13.5. The number of aromatic nitrogens is 3. The van der Waals surface area contributed by atoms with Gasteiger partial charge in [0.15, 0.2) is 5.82 Å². The monoisotopic (exact) mass is 280 g/mol. The smallest absolute Gasteiger partial charge is 0.152 e. The Bertz CT molecular complexity index is 694. The number of nitrogens with zero attached hydrogens (tertiary/aromatic N) is 3. The molecule has 1 N–H and O–H groups in total. The lowest BCUT2D eigenvalue weighted by Crippen LogP contribution is -2.32. The Labute approximate surface area is 111 Å². The summed E-state index contributed by atoms with van der Waals surface area (Å²) in [5.74, 6) is 1.28. The van der Waals surface area contributed by atoms with Crippen molar-refractivity contribution in [3.8, 4) is 0 Å². The highest BCUT2D eigenvalue weighted by atomic mass is 32.2. The van der Waals surface area contributed by atoms with E-state index in [0.29, 0.717) is 12.8 Å². The van der Waals surface area contributed by atoms with E-state index in [0.717, 1.165) is 17.0 Å². The average Bonchev–Trinajstić information content (AvgIpc) is 2.73. The summed E-state index contributed by atoms with van der Waals surface area (Å²) in [6.07, 6.45) is 4.77. The third kappa shape index (κ3) is 2.56. The van der Waals surface area contributed by atoms with E-state index >= 15 is 0 Å². The Morgan fingerprint density at radius 2 is 2.11 bits per heavy atom. The van der Waals surface area contributed by atoms with Gasteiger partial charge in [-0.3, -0.25) is 0 Å². The summed E-state index contributed by atoms with van der Waals surface area (Å²) in [6.45, 7) is 1.93. The molecule has 0 saturated carbocycles. The fourth-order valence-electron chi connectivity index (χ4n) is 2.38. The van der Waals surface area contributed by atoms with Crippen molar-refractivity contribution in [2.24, 2.45) is 0 Å². The molecule has 0 aliphatic carbocycles. The van der Waals surface area contributed by atoms with Crippen molar-refractivity contribution in [2.75, 3.05) is 16.8 Å². The first-order chi connectivity index (χ1) is 9.03. The molecule has 2 aromatic heterocycles. The Morgan fingerprint density at radius 1 is 1.37 bits per heavy atom. The van der Waals surface area contributed by atoms with E-state index in [9.17, 15) is 8.42 Å². The Morgan fingerprint density at radius 3 is 2.84 bits per heavy atom. The highest BCUT2D eigenvalue weighted by Crippen LogP contribution is 2.20. The number of anilines is 1. The van der Waals surface area contributed by atoms with Crippen LogP contribution in [0.2, 0.25) is 0 Å². The van der Waals surface area contributed by atoms with Crippen LogP contribution in [0, 0.1) is 6.92 Å². The third-order valence-electron chi connectivity index (χ3n) is 3.41. The molecule has 1 aliphatic rings. The van der Waals surface area contributed by atoms with E-state index in [-0.39, 0.29) is 17.5 Å². The molecule has 102 valence electrons. The van der Waals surface area contributed by atoms with Crippen LogP contribution in [0.4, 0.5) is 5.82 Å². The zero-order valence-corrected chi connectivity index (χ0v) is 11.5. The van der Waals surface area contributed by atoms with Gasteiger partial charge in [0.25, 0.3) is 0 Å². The molecule has 19 heavy (non-hydrogen) atoms. The first kappa shape index (κ1) is 12.4. The summed E-state index contributed by atoms with van der Waals surface area (Å²) in [7, 11) is -2.82. The van der Waals surface area contributed by atoms with E-state index in [1.54, 1.807) is 16.9 Å².